The van der Waals surface area contributed by atoms with E-state index < -0.39 is 97.0 Å². The van der Waals surface area contributed by atoms with Gasteiger partial charge >= 0.3 is 12.1 Å². The number of aliphatic hydroxyl groups is 5. The number of rotatable bonds is 11. The summed E-state index contributed by atoms with van der Waals surface area (Å²) >= 11 is 0. The van der Waals surface area contributed by atoms with E-state index in [0.717, 1.165) is 5.57 Å². The third kappa shape index (κ3) is 13.7. The van der Waals surface area contributed by atoms with Gasteiger partial charge < -0.3 is 64.4 Å². The number of esters is 1. The number of nitrogens with two attached hydrogens (primary N) is 1. The SMILES string of the molecule is C/C=C/[C@H]1O[C@](O)([C@H](C)[C@H](O)[C@H](C)[C@@H]2OC(=O)/C(OC)=C/C(C)=C/[C@H](C)[C@H](O)[C@H](CC)[C@H](O)[C@@H](C)C/C(C)=C/C=C/[C@@H]2OC)C[C@@H](O[C@H]2C[C@@H](O)[C@H](OC(N)=O)[C@@H](C)O2)[C@@H]1C. The molecule has 18 atom stereocenters. The van der Waals surface area contributed by atoms with Crippen molar-refractivity contribution in [1.82, 2.24) is 0 Å². The van der Waals surface area contributed by atoms with E-state index in [2.05, 4.69) is 0 Å². The first-order chi connectivity index (χ1) is 28.6. The third-order valence-electron chi connectivity index (χ3n) is 12.8. The summed E-state index contributed by atoms with van der Waals surface area (Å²) in [5, 5.41) is 58.0. The van der Waals surface area contributed by atoms with Crippen molar-refractivity contribution < 1.29 is 68.3 Å². The number of allylic oxidation sites excluding steroid dienone is 6. The highest BCUT2D eigenvalue weighted by Crippen LogP contribution is 2.42. The molecule has 61 heavy (non-hydrogen) atoms. The van der Waals surface area contributed by atoms with Gasteiger partial charge in [-0.25, -0.2) is 9.59 Å². The van der Waals surface area contributed by atoms with Crippen LogP contribution in [0.4, 0.5) is 4.79 Å². The largest absolute Gasteiger partial charge is 0.490 e. The van der Waals surface area contributed by atoms with Gasteiger partial charge in [-0.15, -0.1) is 0 Å². The normalized spacial score (nSPS) is 42.2. The Balaban J connectivity index is 2.00. The van der Waals surface area contributed by atoms with Crippen molar-refractivity contribution >= 4 is 12.1 Å². The number of carbonyl (C=O) groups excluding carboxylic acids is 2. The molecule has 0 bridgehead atoms. The minimum absolute atomic E-state index is 0.0313. The molecule has 0 aromatic carbocycles. The fraction of sp³-hybridized carbons (Fsp3) is 0.739. The minimum atomic E-state index is -1.97. The number of cyclic esters (lactones) is 1. The number of primary amides is 1. The highest BCUT2D eigenvalue weighted by Gasteiger charge is 2.52. The Morgan fingerprint density at radius 2 is 1.77 bits per heavy atom. The molecule has 0 aliphatic carbocycles. The second kappa shape index (κ2) is 23.5. The van der Waals surface area contributed by atoms with Gasteiger partial charge in [0, 0.05) is 49.5 Å². The van der Waals surface area contributed by atoms with E-state index >= 15 is 0 Å². The molecule has 3 aliphatic heterocycles. The highest BCUT2D eigenvalue weighted by atomic mass is 16.7. The first kappa shape index (κ1) is 52.2. The molecule has 0 spiro atoms. The Morgan fingerprint density at radius 1 is 1.10 bits per heavy atom. The summed E-state index contributed by atoms with van der Waals surface area (Å²) in [5.74, 6) is -6.00. The fourth-order valence-corrected chi connectivity index (χ4v) is 8.94. The second-order valence-corrected chi connectivity index (χ2v) is 17.5. The standard InChI is InChI=1S/C46H75NO14/c1-13-16-34-28(7)37(58-38-22-33(48)43(31(10)57-38)60-45(47)53)23-46(54,61-34)30(9)41(51)29(8)42-35(55-11)18-15-17-24(3)19-26(5)39(49)32(14-2)40(50)27(6)20-25(4)21-36(56-12)44(52)59-42/h13,15-18,20-21,26-35,37-43,48-51,54H,14,19,22-23H2,1-12H3,(H2,47,53)/b16-13+,18-15+,24-17+,25-20+,36-21-/t26-,27-,28+,29-,30+,31+,32+,33+,34+,35-,37+,38-,39+,40-,41+,42-,43+,46-/m0/s1. The first-order valence-electron chi connectivity index (χ1n) is 21.7. The Morgan fingerprint density at radius 3 is 2.34 bits per heavy atom. The molecule has 2 saturated heterocycles. The number of ether oxygens (including phenoxy) is 7. The van der Waals surface area contributed by atoms with E-state index in [-0.39, 0.29) is 42.3 Å². The number of amides is 1. The van der Waals surface area contributed by atoms with E-state index in [4.69, 9.17) is 38.9 Å². The van der Waals surface area contributed by atoms with Gasteiger partial charge in [-0.05, 0) is 52.5 Å². The maximum absolute atomic E-state index is 13.9. The summed E-state index contributed by atoms with van der Waals surface area (Å²) in [6, 6.07) is 0. The predicted octanol–water partition coefficient (Wildman–Crippen LogP) is 4.98. The van der Waals surface area contributed by atoms with Crippen LogP contribution in [0.3, 0.4) is 0 Å². The van der Waals surface area contributed by atoms with Crippen LogP contribution in [0.1, 0.15) is 94.9 Å². The molecule has 7 N–H and O–H groups in total. The predicted molar refractivity (Wildman–Crippen MR) is 228 cm³/mol. The van der Waals surface area contributed by atoms with Gasteiger partial charge in [-0.3, -0.25) is 0 Å². The van der Waals surface area contributed by atoms with Crippen LogP contribution < -0.4 is 5.73 Å². The van der Waals surface area contributed by atoms with E-state index in [1.54, 1.807) is 52.0 Å². The number of hydrogen-bond acceptors (Lipinski definition) is 14. The van der Waals surface area contributed by atoms with Gasteiger partial charge in [-0.1, -0.05) is 89.1 Å². The average molecular weight is 866 g/mol. The van der Waals surface area contributed by atoms with E-state index in [0.29, 0.717) is 18.4 Å². The summed E-state index contributed by atoms with van der Waals surface area (Å²) in [4.78, 5) is 25.4. The van der Waals surface area contributed by atoms with Crippen LogP contribution in [0.15, 0.2) is 59.4 Å². The van der Waals surface area contributed by atoms with Gasteiger partial charge in [0.05, 0.1) is 49.8 Å². The van der Waals surface area contributed by atoms with Crippen molar-refractivity contribution in [3.63, 3.8) is 0 Å². The lowest BCUT2D eigenvalue weighted by Gasteiger charge is -2.49. The molecule has 2 fully saturated rings. The zero-order valence-electron chi connectivity index (χ0n) is 38.2. The van der Waals surface area contributed by atoms with Crippen molar-refractivity contribution in [3.05, 3.63) is 59.4 Å². The topological polar surface area (TPSA) is 226 Å². The lowest BCUT2D eigenvalue weighted by molar-refractivity contribution is -0.338. The zero-order valence-corrected chi connectivity index (χ0v) is 38.2. The zero-order chi connectivity index (χ0) is 45.9. The quantitative estimate of drug-likeness (QED) is 0.119. The van der Waals surface area contributed by atoms with Crippen molar-refractivity contribution in [2.24, 2.45) is 41.2 Å². The molecule has 3 rings (SSSR count). The maximum Gasteiger partial charge on any atom is 0.404 e. The van der Waals surface area contributed by atoms with E-state index in [1.165, 1.54) is 20.3 Å². The van der Waals surface area contributed by atoms with Gasteiger partial charge in [-0.2, -0.15) is 0 Å². The smallest absolute Gasteiger partial charge is 0.404 e. The van der Waals surface area contributed by atoms with Gasteiger partial charge in [0.1, 0.15) is 12.2 Å². The molecular formula is C46H75NO14. The van der Waals surface area contributed by atoms with Crippen molar-refractivity contribution in [3.8, 4) is 0 Å². The van der Waals surface area contributed by atoms with E-state index in [9.17, 15) is 35.1 Å². The maximum atomic E-state index is 13.9. The monoisotopic (exact) mass is 866 g/mol. The number of hydrogen-bond donors (Lipinski definition) is 6. The molecule has 348 valence electrons. The summed E-state index contributed by atoms with van der Waals surface area (Å²) < 4.78 is 41.4. The summed E-state index contributed by atoms with van der Waals surface area (Å²) in [7, 11) is 2.81. The molecule has 3 heterocycles. The molecule has 0 saturated carbocycles. The number of carbonyl (C=O) groups is 2. The first-order valence-corrected chi connectivity index (χ1v) is 21.7. The van der Waals surface area contributed by atoms with Gasteiger partial charge in [0.25, 0.3) is 0 Å². The van der Waals surface area contributed by atoms with Crippen LogP contribution in [-0.4, -0.2) is 125 Å². The number of aliphatic hydroxyl groups excluding tert-OH is 4. The van der Waals surface area contributed by atoms with Crippen LogP contribution in [0.5, 0.6) is 0 Å². The fourth-order valence-electron chi connectivity index (χ4n) is 8.94. The Labute approximate surface area is 362 Å². The van der Waals surface area contributed by atoms with Crippen LogP contribution in [0.2, 0.25) is 0 Å². The highest BCUT2D eigenvalue weighted by molar-refractivity contribution is 5.87. The van der Waals surface area contributed by atoms with Crippen LogP contribution >= 0.6 is 0 Å². The molecule has 0 aromatic rings. The second-order valence-electron chi connectivity index (χ2n) is 17.5. The minimum Gasteiger partial charge on any atom is -0.490 e. The Bertz CT molecular complexity index is 1570. The van der Waals surface area contributed by atoms with Crippen LogP contribution in [-0.2, 0) is 38.0 Å². The van der Waals surface area contributed by atoms with Crippen molar-refractivity contribution in [1.29, 1.82) is 0 Å². The molecule has 0 aromatic heterocycles. The van der Waals surface area contributed by atoms with Gasteiger partial charge in [0.2, 0.25) is 5.76 Å². The van der Waals surface area contributed by atoms with Crippen LogP contribution in [0.25, 0.3) is 0 Å². The Hall–Kier alpha value is -3.12. The molecule has 0 unspecified atom stereocenters. The summed E-state index contributed by atoms with van der Waals surface area (Å²) in [6.07, 6.45) is 2.20. The average Bonchev–Trinajstić information content (AvgIpc) is 3.19. The van der Waals surface area contributed by atoms with Crippen molar-refractivity contribution in [2.45, 2.75) is 168 Å². The molecule has 0 radical (unpaired) electrons. The Kier molecular flexibility index (Phi) is 20.1. The van der Waals surface area contributed by atoms with Gasteiger partial charge in [0.15, 0.2) is 18.2 Å². The molecule has 15 nitrogen and oxygen atoms in total. The summed E-state index contributed by atoms with van der Waals surface area (Å²) in [5.41, 5.74) is 6.78. The summed E-state index contributed by atoms with van der Waals surface area (Å²) in [6.45, 7) is 18.2. The molecule has 15 heteroatoms. The lowest BCUT2D eigenvalue weighted by Crippen LogP contribution is -2.59. The molecule has 3 aliphatic rings. The molecular weight excluding hydrogens is 790 g/mol. The third-order valence-corrected chi connectivity index (χ3v) is 12.8. The molecule has 1 amide bonds. The number of methoxy groups -OCH3 is 2. The van der Waals surface area contributed by atoms with Crippen LogP contribution in [0, 0.1) is 35.5 Å². The van der Waals surface area contributed by atoms with E-state index in [1.807, 2.05) is 53.7 Å². The van der Waals surface area contributed by atoms with Crippen molar-refractivity contribution in [2.75, 3.05) is 14.2 Å². The lowest BCUT2D eigenvalue weighted by atomic mass is 9.77.